The number of hydrogen-bond donors (Lipinski definition) is 2. The summed E-state index contributed by atoms with van der Waals surface area (Å²) in [6.07, 6.45) is 1.97. The van der Waals surface area contributed by atoms with E-state index >= 15 is 0 Å². The third kappa shape index (κ3) is 6.46. The Morgan fingerprint density at radius 3 is 2.91 bits per heavy atom. The van der Waals surface area contributed by atoms with Gasteiger partial charge in [-0.2, -0.15) is 0 Å². The second kappa shape index (κ2) is 10.1. The summed E-state index contributed by atoms with van der Waals surface area (Å²) in [5.74, 6) is 0.278. The fraction of sp³-hybridized carbons (Fsp3) is 0.500. The smallest absolute Gasteiger partial charge is 0.343 e. The van der Waals surface area contributed by atoms with Crippen LogP contribution in [0, 0.1) is 5.92 Å². The normalized spacial score (nSPS) is 16.8. The molecular weight excluding hydrogens is 320 g/mol. The molecule has 6 nitrogen and oxygen atoms in total. The van der Waals surface area contributed by atoms with Crippen LogP contribution in [0.2, 0.25) is 0 Å². The Morgan fingerprint density at radius 1 is 1.39 bits per heavy atom. The number of halogens is 1. The maximum Gasteiger partial charge on any atom is 0.343 e. The molecule has 0 bridgehead atoms. The molecule has 0 saturated carbocycles. The molecule has 1 aliphatic rings. The van der Waals surface area contributed by atoms with E-state index in [1.165, 1.54) is 7.11 Å². The predicted octanol–water partition coefficient (Wildman–Crippen LogP) is 1.28. The quantitative estimate of drug-likeness (QED) is 0.761. The highest BCUT2D eigenvalue weighted by Gasteiger charge is 2.20. The summed E-state index contributed by atoms with van der Waals surface area (Å²) in [7, 11) is 1.32. The number of carbonyl (C=O) groups is 2. The van der Waals surface area contributed by atoms with Gasteiger partial charge in [0.2, 0.25) is 5.91 Å². The van der Waals surface area contributed by atoms with E-state index in [1.807, 2.05) is 18.2 Å². The molecule has 0 radical (unpaired) electrons. The number of nitrogens with one attached hydrogen (secondary N) is 2. The minimum atomic E-state index is -0.427. The van der Waals surface area contributed by atoms with Crippen LogP contribution in [0.4, 0.5) is 0 Å². The standard InChI is InChI=1S/C16H22N2O4.ClH/c1-21-15(19)11-22-14-6-2-4-12(8-14)9-18-16(20)13-5-3-7-17-10-13;/h2,4,6,8,13,17H,3,5,7,9-11H2,1H3,(H,18,20);1H. The number of amides is 1. The Hall–Kier alpha value is -1.79. The van der Waals surface area contributed by atoms with Gasteiger partial charge in [-0.25, -0.2) is 4.79 Å². The van der Waals surface area contributed by atoms with Gasteiger partial charge in [-0.15, -0.1) is 12.4 Å². The van der Waals surface area contributed by atoms with Crippen LogP contribution < -0.4 is 15.4 Å². The third-order valence-electron chi connectivity index (χ3n) is 3.62. The molecule has 1 aliphatic heterocycles. The first-order chi connectivity index (χ1) is 10.7. The SMILES string of the molecule is COC(=O)COc1cccc(CNC(=O)C2CCCNC2)c1.Cl. The maximum atomic E-state index is 12.1. The first-order valence-corrected chi connectivity index (χ1v) is 7.46. The zero-order valence-corrected chi connectivity index (χ0v) is 14.0. The van der Waals surface area contributed by atoms with E-state index in [4.69, 9.17) is 4.74 Å². The molecule has 128 valence electrons. The van der Waals surface area contributed by atoms with Gasteiger partial charge >= 0.3 is 5.97 Å². The van der Waals surface area contributed by atoms with Crippen LogP contribution in [0.1, 0.15) is 18.4 Å². The topological polar surface area (TPSA) is 76.7 Å². The lowest BCUT2D eigenvalue weighted by Gasteiger charge is -2.21. The first kappa shape index (κ1) is 19.3. The lowest BCUT2D eigenvalue weighted by atomic mass is 9.99. The zero-order valence-electron chi connectivity index (χ0n) is 13.2. The average molecular weight is 343 g/mol. The molecule has 2 rings (SSSR count). The number of carbonyl (C=O) groups excluding carboxylic acids is 2. The molecule has 1 unspecified atom stereocenters. The van der Waals surface area contributed by atoms with Crippen molar-refractivity contribution in [3.8, 4) is 5.75 Å². The molecule has 1 heterocycles. The van der Waals surface area contributed by atoms with Crippen molar-refractivity contribution in [2.45, 2.75) is 19.4 Å². The summed E-state index contributed by atoms with van der Waals surface area (Å²) >= 11 is 0. The molecule has 1 aromatic rings. The van der Waals surface area contributed by atoms with E-state index in [0.717, 1.165) is 31.5 Å². The zero-order chi connectivity index (χ0) is 15.8. The van der Waals surface area contributed by atoms with Crippen LogP contribution in [0.3, 0.4) is 0 Å². The number of benzene rings is 1. The van der Waals surface area contributed by atoms with Crippen LogP contribution in [0.25, 0.3) is 0 Å². The van der Waals surface area contributed by atoms with Crippen molar-refractivity contribution in [2.24, 2.45) is 5.92 Å². The van der Waals surface area contributed by atoms with Gasteiger partial charge < -0.3 is 20.1 Å². The van der Waals surface area contributed by atoms with Crippen molar-refractivity contribution in [1.82, 2.24) is 10.6 Å². The Morgan fingerprint density at radius 2 is 2.22 bits per heavy atom. The maximum absolute atomic E-state index is 12.1. The number of rotatable bonds is 6. The molecule has 0 aliphatic carbocycles. The number of methoxy groups -OCH3 is 1. The van der Waals surface area contributed by atoms with E-state index in [2.05, 4.69) is 15.4 Å². The number of esters is 1. The highest BCUT2D eigenvalue weighted by Crippen LogP contribution is 2.14. The summed E-state index contributed by atoms with van der Waals surface area (Å²) in [6, 6.07) is 7.31. The fourth-order valence-corrected chi connectivity index (χ4v) is 2.36. The Bertz CT molecular complexity index is 519. The van der Waals surface area contributed by atoms with Crippen molar-refractivity contribution in [2.75, 3.05) is 26.8 Å². The molecule has 23 heavy (non-hydrogen) atoms. The van der Waals surface area contributed by atoms with Gasteiger partial charge in [-0.3, -0.25) is 4.79 Å². The second-order valence-corrected chi connectivity index (χ2v) is 5.27. The van der Waals surface area contributed by atoms with Gasteiger partial charge in [-0.05, 0) is 37.1 Å². The summed E-state index contributed by atoms with van der Waals surface area (Å²) in [4.78, 5) is 23.1. The van der Waals surface area contributed by atoms with Gasteiger partial charge in [0.15, 0.2) is 6.61 Å². The van der Waals surface area contributed by atoms with Crippen molar-refractivity contribution >= 4 is 24.3 Å². The molecule has 1 atom stereocenters. The highest BCUT2D eigenvalue weighted by molar-refractivity contribution is 5.85. The number of piperidine rings is 1. The van der Waals surface area contributed by atoms with Gasteiger partial charge in [-0.1, -0.05) is 12.1 Å². The highest BCUT2D eigenvalue weighted by atomic mass is 35.5. The van der Waals surface area contributed by atoms with Gasteiger partial charge in [0.05, 0.1) is 13.0 Å². The second-order valence-electron chi connectivity index (χ2n) is 5.27. The monoisotopic (exact) mass is 342 g/mol. The Balaban J connectivity index is 0.00000264. The minimum Gasteiger partial charge on any atom is -0.482 e. The molecule has 2 N–H and O–H groups in total. The third-order valence-corrected chi connectivity index (χ3v) is 3.62. The molecule has 1 saturated heterocycles. The largest absolute Gasteiger partial charge is 0.482 e. The van der Waals surface area contributed by atoms with Crippen molar-refractivity contribution in [3.05, 3.63) is 29.8 Å². The summed E-state index contributed by atoms with van der Waals surface area (Å²) in [5.41, 5.74) is 0.930. The number of hydrogen-bond acceptors (Lipinski definition) is 5. The van der Waals surface area contributed by atoms with Crippen LogP contribution in [-0.2, 0) is 20.9 Å². The Labute approximate surface area is 142 Å². The van der Waals surface area contributed by atoms with Gasteiger partial charge in [0.25, 0.3) is 0 Å². The summed E-state index contributed by atoms with van der Waals surface area (Å²) in [5, 5.41) is 6.18. The van der Waals surface area contributed by atoms with Crippen molar-refractivity contribution in [1.29, 1.82) is 0 Å². The average Bonchev–Trinajstić information content (AvgIpc) is 2.58. The summed E-state index contributed by atoms with van der Waals surface area (Å²) in [6.45, 7) is 2.06. The number of ether oxygens (including phenoxy) is 2. The van der Waals surface area contributed by atoms with Crippen LogP contribution in [0.5, 0.6) is 5.75 Å². The van der Waals surface area contributed by atoms with E-state index in [9.17, 15) is 9.59 Å². The fourth-order valence-electron chi connectivity index (χ4n) is 2.36. The van der Waals surface area contributed by atoms with Crippen molar-refractivity contribution < 1.29 is 19.1 Å². The minimum absolute atomic E-state index is 0. The first-order valence-electron chi connectivity index (χ1n) is 7.46. The van der Waals surface area contributed by atoms with E-state index in [-0.39, 0.29) is 30.8 Å². The van der Waals surface area contributed by atoms with Crippen LogP contribution in [-0.4, -0.2) is 38.7 Å². The van der Waals surface area contributed by atoms with Gasteiger partial charge in [0, 0.05) is 13.1 Å². The van der Waals surface area contributed by atoms with E-state index < -0.39 is 5.97 Å². The van der Waals surface area contributed by atoms with E-state index in [0.29, 0.717) is 12.3 Å². The Kier molecular flexibility index (Phi) is 8.43. The molecule has 7 heteroatoms. The lowest BCUT2D eigenvalue weighted by molar-refractivity contribution is -0.142. The molecule has 0 aromatic heterocycles. The van der Waals surface area contributed by atoms with Gasteiger partial charge in [0.1, 0.15) is 5.75 Å². The van der Waals surface area contributed by atoms with Crippen LogP contribution in [0.15, 0.2) is 24.3 Å². The molecule has 1 aromatic carbocycles. The molecule has 1 amide bonds. The lowest BCUT2D eigenvalue weighted by Crippen LogP contribution is -2.40. The van der Waals surface area contributed by atoms with Crippen LogP contribution >= 0.6 is 12.4 Å². The molecular formula is C16H23ClN2O4. The molecule has 0 spiro atoms. The van der Waals surface area contributed by atoms with E-state index in [1.54, 1.807) is 6.07 Å². The summed E-state index contributed by atoms with van der Waals surface area (Å²) < 4.78 is 9.85. The predicted molar refractivity (Wildman–Crippen MR) is 88.6 cm³/mol. The molecule has 1 fully saturated rings. The van der Waals surface area contributed by atoms with Crippen molar-refractivity contribution in [3.63, 3.8) is 0 Å².